The van der Waals surface area contributed by atoms with Crippen molar-refractivity contribution in [1.82, 2.24) is 4.90 Å². The molecule has 0 aliphatic heterocycles. The van der Waals surface area contributed by atoms with Crippen molar-refractivity contribution in [3.8, 4) is 0 Å². The van der Waals surface area contributed by atoms with E-state index in [1.165, 1.54) is 0 Å². The number of nitrogens with one attached hydrogen (secondary N) is 1. The molecule has 104 valence electrons. The van der Waals surface area contributed by atoms with Gasteiger partial charge in [0.15, 0.2) is 0 Å². The Morgan fingerprint density at radius 3 is 2.60 bits per heavy atom. The van der Waals surface area contributed by atoms with Crippen LogP contribution >= 0.6 is 11.6 Å². The Morgan fingerprint density at radius 2 is 1.95 bits per heavy atom. The molecule has 0 unspecified atom stereocenters. The minimum absolute atomic E-state index is 0.189. The highest BCUT2D eigenvalue weighted by Crippen LogP contribution is 2.14. The van der Waals surface area contributed by atoms with E-state index >= 15 is 0 Å². The van der Waals surface area contributed by atoms with Crippen molar-refractivity contribution in [2.45, 2.75) is 6.54 Å². The van der Waals surface area contributed by atoms with Gasteiger partial charge in [-0.05, 0) is 35.9 Å². The highest BCUT2D eigenvalue weighted by Gasteiger charge is 2.09. The Morgan fingerprint density at radius 1 is 1.25 bits per heavy atom. The van der Waals surface area contributed by atoms with E-state index in [0.717, 1.165) is 5.56 Å². The van der Waals surface area contributed by atoms with Crippen molar-refractivity contribution >= 4 is 29.0 Å². The summed E-state index contributed by atoms with van der Waals surface area (Å²) in [6.45, 7) is 0.505. The first kappa shape index (κ1) is 14.2. The van der Waals surface area contributed by atoms with Crippen molar-refractivity contribution in [3.05, 3.63) is 59.1 Å². The fourth-order valence-electron chi connectivity index (χ4n) is 1.77. The van der Waals surface area contributed by atoms with Gasteiger partial charge in [-0.1, -0.05) is 29.8 Å². The number of nitrogens with two attached hydrogens (primary N) is 1. The minimum Gasteiger partial charge on any atom is -0.399 e. The first-order valence-corrected chi connectivity index (χ1v) is 6.54. The SMILES string of the molecule is CN(Cc1ccc(Cl)cc1)C(=O)Nc1cccc(N)c1. The zero-order valence-electron chi connectivity index (χ0n) is 11.1. The number of halogens is 1. The predicted octanol–water partition coefficient (Wildman–Crippen LogP) is 3.59. The van der Waals surface area contributed by atoms with Crippen LogP contribution in [0.25, 0.3) is 0 Å². The molecule has 0 aliphatic carbocycles. The van der Waals surface area contributed by atoms with Crippen LogP contribution in [-0.2, 0) is 6.54 Å². The Labute approximate surface area is 123 Å². The first-order chi connectivity index (χ1) is 9.54. The molecule has 2 aromatic carbocycles. The van der Waals surface area contributed by atoms with E-state index in [-0.39, 0.29) is 6.03 Å². The van der Waals surface area contributed by atoms with Gasteiger partial charge in [-0.25, -0.2) is 4.79 Å². The van der Waals surface area contributed by atoms with Gasteiger partial charge in [0.2, 0.25) is 0 Å². The molecule has 5 heteroatoms. The summed E-state index contributed by atoms with van der Waals surface area (Å²) < 4.78 is 0. The molecule has 0 saturated carbocycles. The number of anilines is 2. The first-order valence-electron chi connectivity index (χ1n) is 6.17. The van der Waals surface area contributed by atoms with Gasteiger partial charge in [-0.15, -0.1) is 0 Å². The number of nitrogen functional groups attached to an aromatic ring is 1. The number of hydrogen-bond donors (Lipinski definition) is 2. The third kappa shape index (κ3) is 3.90. The number of carbonyl (C=O) groups excluding carboxylic acids is 1. The van der Waals surface area contributed by atoms with Gasteiger partial charge in [0.25, 0.3) is 0 Å². The van der Waals surface area contributed by atoms with Crippen molar-refractivity contribution in [2.75, 3.05) is 18.1 Å². The second-order valence-corrected chi connectivity index (χ2v) is 4.97. The molecule has 0 fully saturated rings. The summed E-state index contributed by atoms with van der Waals surface area (Å²) in [7, 11) is 1.73. The van der Waals surface area contributed by atoms with Crippen molar-refractivity contribution in [1.29, 1.82) is 0 Å². The van der Waals surface area contributed by atoms with Gasteiger partial charge < -0.3 is 16.0 Å². The third-order valence-corrected chi connectivity index (χ3v) is 3.07. The summed E-state index contributed by atoms with van der Waals surface area (Å²) in [5.74, 6) is 0. The molecule has 20 heavy (non-hydrogen) atoms. The van der Waals surface area contributed by atoms with Gasteiger partial charge in [0.05, 0.1) is 0 Å². The number of hydrogen-bond acceptors (Lipinski definition) is 2. The summed E-state index contributed by atoms with van der Waals surface area (Å²) in [6.07, 6.45) is 0. The normalized spacial score (nSPS) is 10.1. The number of benzene rings is 2. The Bertz CT molecular complexity index is 598. The Balaban J connectivity index is 1.96. The molecule has 2 aromatic rings. The number of urea groups is 1. The lowest BCUT2D eigenvalue weighted by Gasteiger charge is -2.18. The zero-order chi connectivity index (χ0) is 14.5. The highest BCUT2D eigenvalue weighted by molar-refractivity contribution is 6.30. The number of nitrogens with zero attached hydrogens (tertiary/aromatic N) is 1. The van der Waals surface area contributed by atoms with Crippen molar-refractivity contribution < 1.29 is 4.79 Å². The quantitative estimate of drug-likeness (QED) is 0.849. The lowest BCUT2D eigenvalue weighted by Crippen LogP contribution is -2.30. The maximum atomic E-state index is 12.0. The molecule has 0 radical (unpaired) electrons. The van der Waals surface area contributed by atoms with Crippen LogP contribution < -0.4 is 11.1 Å². The molecular weight excluding hydrogens is 274 g/mol. The molecule has 3 N–H and O–H groups in total. The molecular formula is C15H16ClN3O. The maximum absolute atomic E-state index is 12.0. The van der Waals surface area contributed by atoms with Gasteiger partial charge in [0.1, 0.15) is 0 Å². The van der Waals surface area contributed by atoms with E-state index in [0.29, 0.717) is 22.9 Å². The molecule has 0 saturated heterocycles. The molecule has 0 heterocycles. The van der Waals surface area contributed by atoms with E-state index in [1.807, 2.05) is 12.1 Å². The number of rotatable bonds is 3. The van der Waals surface area contributed by atoms with Gasteiger partial charge in [-0.2, -0.15) is 0 Å². The van der Waals surface area contributed by atoms with E-state index in [9.17, 15) is 4.79 Å². The average molecular weight is 290 g/mol. The summed E-state index contributed by atoms with van der Waals surface area (Å²) in [5.41, 5.74) is 7.98. The van der Waals surface area contributed by atoms with Crippen LogP contribution in [0.2, 0.25) is 5.02 Å². The molecule has 0 spiro atoms. The number of carbonyl (C=O) groups is 1. The van der Waals surface area contributed by atoms with Crippen LogP contribution in [0, 0.1) is 0 Å². The largest absolute Gasteiger partial charge is 0.399 e. The Kier molecular flexibility index (Phi) is 4.48. The topological polar surface area (TPSA) is 58.4 Å². The fraction of sp³-hybridized carbons (Fsp3) is 0.133. The Hall–Kier alpha value is -2.20. The van der Waals surface area contributed by atoms with E-state index in [2.05, 4.69) is 5.32 Å². The number of amides is 2. The average Bonchev–Trinajstić information content (AvgIpc) is 2.41. The zero-order valence-corrected chi connectivity index (χ0v) is 11.9. The van der Waals surface area contributed by atoms with Crippen LogP contribution in [0.3, 0.4) is 0 Å². The molecule has 0 atom stereocenters. The van der Waals surface area contributed by atoms with Gasteiger partial charge in [0, 0.05) is 30.0 Å². The van der Waals surface area contributed by atoms with E-state index in [4.69, 9.17) is 17.3 Å². The molecule has 2 rings (SSSR count). The maximum Gasteiger partial charge on any atom is 0.321 e. The summed E-state index contributed by atoms with van der Waals surface area (Å²) in [4.78, 5) is 13.6. The highest BCUT2D eigenvalue weighted by atomic mass is 35.5. The van der Waals surface area contributed by atoms with Gasteiger partial charge >= 0.3 is 6.03 Å². The second kappa shape index (κ2) is 6.30. The van der Waals surface area contributed by atoms with Crippen LogP contribution in [-0.4, -0.2) is 18.0 Å². The van der Waals surface area contributed by atoms with Crippen molar-refractivity contribution in [3.63, 3.8) is 0 Å². The van der Waals surface area contributed by atoms with Crippen LogP contribution in [0.15, 0.2) is 48.5 Å². The summed E-state index contributed by atoms with van der Waals surface area (Å²) >= 11 is 5.83. The lowest BCUT2D eigenvalue weighted by atomic mass is 10.2. The molecule has 2 amide bonds. The molecule has 0 aliphatic rings. The van der Waals surface area contributed by atoms with Crippen LogP contribution in [0.5, 0.6) is 0 Å². The molecule has 0 bridgehead atoms. The van der Waals surface area contributed by atoms with Crippen molar-refractivity contribution in [2.24, 2.45) is 0 Å². The summed E-state index contributed by atoms with van der Waals surface area (Å²) in [5, 5.41) is 3.48. The third-order valence-electron chi connectivity index (χ3n) is 2.82. The lowest BCUT2D eigenvalue weighted by molar-refractivity contribution is 0.220. The molecule has 4 nitrogen and oxygen atoms in total. The predicted molar refractivity (Wildman–Crippen MR) is 82.8 cm³/mol. The standard InChI is InChI=1S/C15H16ClN3O/c1-19(10-11-5-7-12(16)8-6-11)15(20)18-14-4-2-3-13(17)9-14/h2-9H,10,17H2,1H3,(H,18,20). The fourth-order valence-corrected chi connectivity index (χ4v) is 1.90. The van der Waals surface area contributed by atoms with Crippen LogP contribution in [0.4, 0.5) is 16.2 Å². The summed E-state index contributed by atoms with van der Waals surface area (Å²) in [6, 6.07) is 14.3. The smallest absolute Gasteiger partial charge is 0.321 e. The monoisotopic (exact) mass is 289 g/mol. The van der Waals surface area contributed by atoms with E-state index in [1.54, 1.807) is 48.3 Å². The minimum atomic E-state index is -0.189. The molecule has 0 aromatic heterocycles. The second-order valence-electron chi connectivity index (χ2n) is 4.54. The van der Waals surface area contributed by atoms with Gasteiger partial charge in [-0.3, -0.25) is 0 Å². The van der Waals surface area contributed by atoms with Crippen LogP contribution in [0.1, 0.15) is 5.56 Å². The van der Waals surface area contributed by atoms with E-state index < -0.39 is 0 Å².